The van der Waals surface area contributed by atoms with Gasteiger partial charge in [0.05, 0.1) is 12.2 Å². The molecule has 0 radical (unpaired) electrons. The summed E-state index contributed by atoms with van der Waals surface area (Å²) < 4.78 is 2.22. The summed E-state index contributed by atoms with van der Waals surface area (Å²) >= 11 is 0. The standard InChI is InChI=1S/C15H27N3/c1-5-14-11(2)17-18(12(14)3)10-15(16-4)13-8-6-7-9-13/h13,15-16H,5-10H2,1-4H3. The van der Waals surface area contributed by atoms with E-state index >= 15 is 0 Å². The van der Waals surface area contributed by atoms with Gasteiger partial charge in [0.1, 0.15) is 0 Å². The number of hydrogen-bond donors (Lipinski definition) is 1. The summed E-state index contributed by atoms with van der Waals surface area (Å²) in [5, 5.41) is 8.22. The molecule has 0 saturated heterocycles. The van der Waals surface area contributed by atoms with Gasteiger partial charge in [0, 0.05) is 11.7 Å². The van der Waals surface area contributed by atoms with Crippen LogP contribution in [0.15, 0.2) is 0 Å². The highest BCUT2D eigenvalue weighted by Gasteiger charge is 2.25. The van der Waals surface area contributed by atoms with Crippen LogP contribution in [0.1, 0.15) is 49.6 Å². The average molecular weight is 249 g/mol. The fraction of sp³-hybridized carbons (Fsp3) is 0.800. The minimum Gasteiger partial charge on any atom is -0.315 e. The van der Waals surface area contributed by atoms with E-state index in [0.29, 0.717) is 6.04 Å². The molecule has 1 unspecified atom stereocenters. The molecule has 18 heavy (non-hydrogen) atoms. The van der Waals surface area contributed by atoms with Crippen LogP contribution in [0.5, 0.6) is 0 Å². The lowest BCUT2D eigenvalue weighted by Crippen LogP contribution is -2.37. The van der Waals surface area contributed by atoms with Crippen molar-refractivity contribution in [2.75, 3.05) is 7.05 Å². The van der Waals surface area contributed by atoms with E-state index in [2.05, 4.69) is 37.8 Å². The molecule has 1 aromatic heterocycles. The maximum atomic E-state index is 4.72. The van der Waals surface area contributed by atoms with Crippen LogP contribution in [-0.2, 0) is 13.0 Å². The maximum Gasteiger partial charge on any atom is 0.0628 e. The van der Waals surface area contributed by atoms with Crippen LogP contribution in [-0.4, -0.2) is 22.9 Å². The second-order valence-electron chi connectivity index (χ2n) is 5.62. The lowest BCUT2D eigenvalue weighted by Gasteiger charge is -2.23. The van der Waals surface area contributed by atoms with Gasteiger partial charge in [0.2, 0.25) is 0 Å². The van der Waals surface area contributed by atoms with Gasteiger partial charge in [-0.3, -0.25) is 4.68 Å². The predicted molar refractivity (Wildman–Crippen MR) is 75.9 cm³/mol. The van der Waals surface area contributed by atoms with Crippen molar-refractivity contribution in [1.82, 2.24) is 15.1 Å². The number of rotatable bonds is 5. The van der Waals surface area contributed by atoms with Crippen LogP contribution in [0.4, 0.5) is 0 Å². The Morgan fingerprint density at radius 1 is 1.33 bits per heavy atom. The summed E-state index contributed by atoms with van der Waals surface area (Å²) in [5.74, 6) is 0.837. The monoisotopic (exact) mass is 249 g/mol. The Morgan fingerprint density at radius 2 is 2.00 bits per heavy atom. The van der Waals surface area contributed by atoms with Crippen molar-refractivity contribution in [3.8, 4) is 0 Å². The first-order chi connectivity index (χ1) is 8.67. The van der Waals surface area contributed by atoms with E-state index in [0.717, 1.165) is 18.9 Å². The van der Waals surface area contributed by atoms with Crippen LogP contribution in [0.3, 0.4) is 0 Å². The fourth-order valence-corrected chi connectivity index (χ4v) is 3.45. The lowest BCUT2D eigenvalue weighted by molar-refractivity contribution is 0.326. The first kappa shape index (κ1) is 13.6. The highest BCUT2D eigenvalue weighted by molar-refractivity contribution is 5.24. The molecule has 1 fully saturated rings. The van der Waals surface area contributed by atoms with Crippen molar-refractivity contribution >= 4 is 0 Å². The minimum absolute atomic E-state index is 0.579. The molecule has 1 aromatic rings. The van der Waals surface area contributed by atoms with E-state index in [1.54, 1.807) is 0 Å². The van der Waals surface area contributed by atoms with Gasteiger partial charge in [-0.05, 0) is 51.6 Å². The highest BCUT2D eigenvalue weighted by Crippen LogP contribution is 2.28. The molecule has 1 atom stereocenters. The summed E-state index contributed by atoms with van der Waals surface area (Å²) in [6.45, 7) is 7.58. The molecule has 0 amide bonds. The Bertz CT molecular complexity index is 389. The van der Waals surface area contributed by atoms with Crippen molar-refractivity contribution in [3.05, 3.63) is 17.0 Å². The van der Waals surface area contributed by atoms with E-state index in [9.17, 15) is 0 Å². The molecule has 1 heterocycles. The van der Waals surface area contributed by atoms with Gasteiger partial charge >= 0.3 is 0 Å². The molecule has 1 aliphatic rings. The van der Waals surface area contributed by atoms with Gasteiger partial charge in [0.15, 0.2) is 0 Å². The maximum absolute atomic E-state index is 4.72. The van der Waals surface area contributed by atoms with E-state index in [-0.39, 0.29) is 0 Å². The largest absolute Gasteiger partial charge is 0.315 e. The molecule has 3 heteroatoms. The van der Waals surface area contributed by atoms with Crippen molar-refractivity contribution in [2.24, 2.45) is 5.92 Å². The second-order valence-corrected chi connectivity index (χ2v) is 5.62. The molecule has 0 spiro atoms. The van der Waals surface area contributed by atoms with Crippen LogP contribution in [0, 0.1) is 19.8 Å². The first-order valence-electron chi connectivity index (χ1n) is 7.37. The van der Waals surface area contributed by atoms with Crippen molar-refractivity contribution < 1.29 is 0 Å². The summed E-state index contributed by atoms with van der Waals surface area (Å²) in [6.07, 6.45) is 6.66. The van der Waals surface area contributed by atoms with Gasteiger partial charge in [0.25, 0.3) is 0 Å². The molecular weight excluding hydrogens is 222 g/mol. The Balaban J connectivity index is 2.11. The quantitative estimate of drug-likeness (QED) is 0.869. The van der Waals surface area contributed by atoms with Gasteiger partial charge in [-0.25, -0.2) is 0 Å². The number of hydrogen-bond acceptors (Lipinski definition) is 2. The minimum atomic E-state index is 0.579. The lowest BCUT2D eigenvalue weighted by atomic mass is 9.98. The van der Waals surface area contributed by atoms with Gasteiger partial charge in [-0.1, -0.05) is 19.8 Å². The third-order valence-corrected chi connectivity index (χ3v) is 4.59. The second kappa shape index (κ2) is 5.87. The van der Waals surface area contributed by atoms with Gasteiger partial charge in [-0.2, -0.15) is 5.10 Å². The van der Waals surface area contributed by atoms with E-state index in [1.165, 1.54) is 42.6 Å². The predicted octanol–water partition coefficient (Wildman–Crippen LogP) is 2.84. The average Bonchev–Trinajstić information content (AvgIpc) is 2.96. The number of aromatic nitrogens is 2. The van der Waals surface area contributed by atoms with Crippen LogP contribution < -0.4 is 5.32 Å². The summed E-state index contributed by atoms with van der Waals surface area (Å²) in [4.78, 5) is 0. The highest BCUT2D eigenvalue weighted by atomic mass is 15.3. The first-order valence-corrected chi connectivity index (χ1v) is 7.37. The molecule has 2 rings (SSSR count). The number of nitrogens with zero attached hydrogens (tertiary/aromatic N) is 2. The Kier molecular flexibility index (Phi) is 4.44. The fourth-order valence-electron chi connectivity index (χ4n) is 3.45. The normalized spacial score (nSPS) is 18.4. The van der Waals surface area contributed by atoms with Crippen LogP contribution in [0.2, 0.25) is 0 Å². The van der Waals surface area contributed by atoms with E-state index in [4.69, 9.17) is 5.10 Å². The molecule has 0 aliphatic heterocycles. The summed E-state index contributed by atoms with van der Waals surface area (Å²) in [6, 6.07) is 0.579. The summed E-state index contributed by atoms with van der Waals surface area (Å²) in [7, 11) is 2.09. The summed E-state index contributed by atoms with van der Waals surface area (Å²) in [5.41, 5.74) is 3.99. The van der Waals surface area contributed by atoms with Crippen molar-refractivity contribution in [1.29, 1.82) is 0 Å². The molecule has 1 aliphatic carbocycles. The van der Waals surface area contributed by atoms with Crippen molar-refractivity contribution in [2.45, 2.75) is 65.5 Å². The van der Waals surface area contributed by atoms with E-state index < -0.39 is 0 Å². The SMILES string of the molecule is CCc1c(C)nn(CC(NC)C2CCCC2)c1C. The molecule has 1 saturated carbocycles. The molecule has 0 bridgehead atoms. The third kappa shape index (κ3) is 2.61. The Hall–Kier alpha value is -0.830. The zero-order valence-electron chi connectivity index (χ0n) is 12.3. The van der Waals surface area contributed by atoms with Crippen LogP contribution >= 0.6 is 0 Å². The number of likely N-dealkylation sites (N-methyl/N-ethyl adjacent to an activating group) is 1. The van der Waals surface area contributed by atoms with E-state index in [1.807, 2.05) is 0 Å². The zero-order valence-corrected chi connectivity index (χ0v) is 12.3. The molecule has 1 N–H and O–H groups in total. The Labute approximate surface area is 111 Å². The smallest absolute Gasteiger partial charge is 0.0628 e. The molecule has 0 aromatic carbocycles. The number of nitrogens with one attached hydrogen (secondary N) is 1. The van der Waals surface area contributed by atoms with Crippen LogP contribution in [0.25, 0.3) is 0 Å². The number of aryl methyl sites for hydroxylation is 1. The molecule has 102 valence electrons. The van der Waals surface area contributed by atoms with Crippen molar-refractivity contribution in [3.63, 3.8) is 0 Å². The molecule has 3 nitrogen and oxygen atoms in total. The Morgan fingerprint density at radius 3 is 2.50 bits per heavy atom. The third-order valence-electron chi connectivity index (χ3n) is 4.59. The zero-order chi connectivity index (χ0) is 13.1. The van der Waals surface area contributed by atoms with Gasteiger partial charge < -0.3 is 5.32 Å². The molecular formula is C15H27N3. The topological polar surface area (TPSA) is 29.9 Å². The van der Waals surface area contributed by atoms with Gasteiger partial charge in [-0.15, -0.1) is 0 Å².